The molecule has 84 valence electrons. The fourth-order valence-electron chi connectivity index (χ4n) is 1.97. The predicted molar refractivity (Wildman–Crippen MR) is 62.4 cm³/mol. The van der Waals surface area contributed by atoms with E-state index in [4.69, 9.17) is 0 Å². The third-order valence-corrected chi connectivity index (χ3v) is 2.99. The van der Waals surface area contributed by atoms with Crippen LogP contribution >= 0.6 is 0 Å². The zero-order valence-electron chi connectivity index (χ0n) is 9.96. The first-order chi connectivity index (χ1) is 6.74. The average molecular weight is 199 g/mol. The van der Waals surface area contributed by atoms with Crippen LogP contribution in [0.4, 0.5) is 0 Å². The minimum Gasteiger partial charge on any atom is -0.151 e. The summed E-state index contributed by atoms with van der Waals surface area (Å²) in [6.45, 7) is 7.31. The summed E-state index contributed by atoms with van der Waals surface area (Å²) in [5.41, 5.74) is 0. The lowest BCUT2D eigenvalue weighted by Gasteiger charge is -2.19. The van der Waals surface area contributed by atoms with Gasteiger partial charge in [0, 0.05) is 0 Å². The number of nitrogens with zero attached hydrogens (tertiary/aromatic N) is 1. The van der Waals surface area contributed by atoms with Gasteiger partial charge < -0.3 is 0 Å². The molecule has 0 aliphatic heterocycles. The monoisotopic (exact) mass is 199 g/mol. The van der Waals surface area contributed by atoms with E-state index in [-0.39, 0.29) is 0 Å². The molecule has 0 aliphatic rings. The van der Waals surface area contributed by atoms with Crippen molar-refractivity contribution in [2.45, 2.75) is 59.3 Å². The summed E-state index contributed by atoms with van der Waals surface area (Å²) in [7, 11) is 0. The SMILES string of the molecule is CCC[C@@H](CCCN=O)C[C@@H](C)CC. The van der Waals surface area contributed by atoms with Gasteiger partial charge in [0.05, 0.1) is 6.54 Å². The third kappa shape index (κ3) is 7.05. The van der Waals surface area contributed by atoms with Gasteiger partial charge in [-0.1, -0.05) is 45.2 Å². The molecule has 0 saturated carbocycles. The smallest absolute Gasteiger partial charge is 0.0811 e. The summed E-state index contributed by atoms with van der Waals surface area (Å²) in [6.07, 6.45) is 7.32. The molecule has 0 radical (unpaired) electrons. The van der Waals surface area contributed by atoms with Crippen molar-refractivity contribution in [2.24, 2.45) is 17.0 Å². The van der Waals surface area contributed by atoms with Crippen molar-refractivity contribution < 1.29 is 0 Å². The largest absolute Gasteiger partial charge is 0.151 e. The Bertz CT molecular complexity index is 136. The second kappa shape index (κ2) is 9.17. The van der Waals surface area contributed by atoms with E-state index in [0.29, 0.717) is 6.54 Å². The summed E-state index contributed by atoms with van der Waals surface area (Å²) in [4.78, 5) is 9.97. The molecule has 0 bridgehead atoms. The normalized spacial score (nSPS) is 15.1. The second-order valence-electron chi connectivity index (χ2n) is 4.40. The van der Waals surface area contributed by atoms with Crippen molar-refractivity contribution in [2.75, 3.05) is 6.54 Å². The Morgan fingerprint density at radius 2 is 1.93 bits per heavy atom. The fourth-order valence-corrected chi connectivity index (χ4v) is 1.97. The molecule has 2 nitrogen and oxygen atoms in total. The van der Waals surface area contributed by atoms with Crippen molar-refractivity contribution >= 4 is 0 Å². The van der Waals surface area contributed by atoms with Crippen molar-refractivity contribution in [3.8, 4) is 0 Å². The lowest BCUT2D eigenvalue weighted by molar-refractivity contribution is 0.337. The summed E-state index contributed by atoms with van der Waals surface area (Å²) in [5, 5.41) is 2.92. The van der Waals surface area contributed by atoms with Crippen LogP contribution in [-0.4, -0.2) is 6.54 Å². The highest BCUT2D eigenvalue weighted by molar-refractivity contribution is 4.63. The lowest BCUT2D eigenvalue weighted by Crippen LogP contribution is -2.06. The molecular formula is C12H25NO. The van der Waals surface area contributed by atoms with Gasteiger partial charge in [0.15, 0.2) is 0 Å². The van der Waals surface area contributed by atoms with E-state index in [1.807, 2.05) is 0 Å². The summed E-state index contributed by atoms with van der Waals surface area (Å²) < 4.78 is 0. The highest BCUT2D eigenvalue weighted by atomic mass is 16.3. The van der Waals surface area contributed by atoms with Crippen LogP contribution in [0.15, 0.2) is 5.18 Å². The minimum atomic E-state index is 0.501. The van der Waals surface area contributed by atoms with Crippen molar-refractivity contribution in [1.82, 2.24) is 0 Å². The van der Waals surface area contributed by atoms with Crippen LogP contribution in [-0.2, 0) is 0 Å². The second-order valence-corrected chi connectivity index (χ2v) is 4.40. The van der Waals surface area contributed by atoms with Gasteiger partial charge in [-0.25, -0.2) is 0 Å². The van der Waals surface area contributed by atoms with Gasteiger partial charge in [0.1, 0.15) is 0 Å². The van der Waals surface area contributed by atoms with Crippen molar-refractivity contribution in [3.05, 3.63) is 4.91 Å². The highest BCUT2D eigenvalue weighted by Crippen LogP contribution is 2.23. The molecule has 2 atom stereocenters. The van der Waals surface area contributed by atoms with Crippen LogP contribution < -0.4 is 0 Å². The molecule has 2 heteroatoms. The minimum absolute atomic E-state index is 0.501. The van der Waals surface area contributed by atoms with Gasteiger partial charge in [0.2, 0.25) is 0 Å². The Hall–Kier alpha value is -0.400. The van der Waals surface area contributed by atoms with Crippen molar-refractivity contribution in [3.63, 3.8) is 0 Å². The van der Waals surface area contributed by atoms with Crippen LogP contribution in [0.25, 0.3) is 0 Å². The van der Waals surface area contributed by atoms with Crippen LogP contribution in [0.1, 0.15) is 59.3 Å². The Balaban J connectivity index is 3.70. The number of hydrogen-bond acceptors (Lipinski definition) is 2. The molecule has 0 aliphatic carbocycles. The van der Waals surface area contributed by atoms with E-state index >= 15 is 0 Å². The van der Waals surface area contributed by atoms with Gasteiger partial charge >= 0.3 is 0 Å². The fraction of sp³-hybridized carbons (Fsp3) is 1.00. The van der Waals surface area contributed by atoms with E-state index < -0.39 is 0 Å². The first-order valence-electron chi connectivity index (χ1n) is 6.03. The first kappa shape index (κ1) is 13.6. The van der Waals surface area contributed by atoms with Gasteiger partial charge in [0.25, 0.3) is 0 Å². The maximum atomic E-state index is 9.97. The topological polar surface area (TPSA) is 29.4 Å². The van der Waals surface area contributed by atoms with E-state index in [1.165, 1.54) is 32.1 Å². The molecule has 0 unspecified atom stereocenters. The summed E-state index contributed by atoms with van der Waals surface area (Å²) >= 11 is 0. The first-order valence-corrected chi connectivity index (χ1v) is 6.03. The molecule has 0 rings (SSSR count). The van der Waals surface area contributed by atoms with Crippen LogP contribution in [0.3, 0.4) is 0 Å². The van der Waals surface area contributed by atoms with Crippen molar-refractivity contribution in [1.29, 1.82) is 0 Å². The lowest BCUT2D eigenvalue weighted by atomic mass is 9.87. The van der Waals surface area contributed by atoms with E-state index in [0.717, 1.165) is 18.3 Å². The summed E-state index contributed by atoms with van der Waals surface area (Å²) in [6, 6.07) is 0. The van der Waals surface area contributed by atoms with E-state index in [9.17, 15) is 4.91 Å². The number of nitroso groups, excluding NO2 is 1. The maximum absolute atomic E-state index is 9.97. The Labute approximate surface area is 88.4 Å². The molecule has 0 spiro atoms. The molecule has 0 fully saturated rings. The van der Waals surface area contributed by atoms with E-state index in [2.05, 4.69) is 25.9 Å². The van der Waals surface area contributed by atoms with Gasteiger partial charge in [-0.3, -0.25) is 0 Å². The van der Waals surface area contributed by atoms with Crippen LogP contribution in [0.5, 0.6) is 0 Å². The van der Waals surface area contributed by atoms with Crippen LogP contribution in [0, 0.1) is 16.7 Å². The summed E-state index contributed by atoms with van der Waals surface area (Å²) in [5.74, 6) is 1.65. The molecule has 0 heterocycles. The highest BCUT2D eigenvalue weighted by Gasteiger charge is 2.11. The predicted octanol–water partition coefficient (Wildman–Crippen LogP) is 4.39. The Kier molecular flexibility index (Phi) is 8.90. The zero-order chi connectivity index (χ0) is 10.8. The molecule has 14 heavy (non-hydrogen) atoms. The molecular weight excluding hydrogens is 174 g/mol. The standard InChI is InChI=1S/C12H25NO/c1-4-7-12(8-6-9-13-14)10-11(3)5-2/h11-12H,4-10H2,1-3H3/t11-,12-/m0/s1. The molecule has 0 aromatic heterocycles. The number of rotatable bonds is 9. The van der Waals surface area contributed by atoms with Gasteiger partial charge in [-0.15, -0.1) is 0 Å². The maximum Gasteiger partial charge on any atom is 0.0811 e. The Morgan fingerprint density at radius 3 is 2.43 bits per heavy atom. The molecule has 0 N–H and O–H groups in total. The molecule has 0 saturated heterocycles. The van der Waals surface area contributed by atoms with Gasteiger partial charge in [-0.2, -0.15) is 4.91 Å². The van der Waals surface area contributed by atoms with Gasteiger partial charge in [-0.05, 0) is 31.1 Å². The van der Waals surface area contributed by atoms with E-state index in [1.54, 1.807) is 0 Å². The quantitative estimate of drug-likeness (QED) is 0.400. The molecule has 0 aromatic carbocycles. The molecule has 0 aromatic rings. The molecule has 0 amide bonds. The third-order valence-electron chi connectivity index (χ3n) is 2.99. The Morgan fingerprint density at radius 1 is 1.21 bits per heavy atom. The average Bonchev–Trinajstić information content (AvgIpc) is 2.18. The zero-order valence-corrected chi connectivity index (χ0v) is 9.96. The number of hydrogen-bond donors (Lipinski definition) is 0. The van der Waals surface area contributed by atoms with Crippen LogP contribution in [0.2, 0.25) is 0 Å².